The van der Waals surface area contributed by atoms with E-state index in [2.05, 4.69) is 15.9 Å². The van der Waals surface area contributed by atoms with Crippen LogP contribution in [0.25, 0.3) is 0 Å². The lowest BCUT2D eigenvalue weighted by atomic mass is 10.1. The molecule has 0 aliphatic carbocycles. The smallest absolute Gasteiger partial charge is 0.257 e. The lowest BCUT2D eigenvalue weighted by Gasteiger charge is -2.26. The van der Waals surface area contributed by atoms with Gasteiger partial charge in [-0.1, -0.05) is 15.9 Å². The first kappa shape index (κ1) is 15.0. The van der Waals surface area contributed by atoms with Crippen molar-refractivity contribution in [1.82, 2.24) is 4.90 Å². The molecule has 0 spiro atoms. The second-order valence-corrected chi connectivity index (χ2v) is 5.16. The summed E-state index contributed by atoms with van der Waals surface area (Å²) in [4.78, 5) is 14.0. The summed E-state index contributed by atoms with van der Waals surface area (Å²) < 4.78 is 5.76. The molecular formula is C13H18BrNO3. The number of nitrogens with zero attached hydrogens (tertiary/aromatic N) is 1. The van der Waals surface area contributed by atoms with Crippen molar-refractivity contribution in [2.75, 3.05) is 20.3 Å². The number of hydrogen-bond acceptors (Lipinski definition) is 3. The Morgan fingerprint density at radius 1 is 1.50 bits per heavy atom. The molecule has 5 heteroatoms. The summed E-state index contributed by atoms with van der Waals surface area (Å²) in [5, 5.41) is 9.76. The van der Waals surface area contributed by atoms with E-state index in [9.17, 15) is 9.90 Å². The number of methoxy groups -OCH3 is 1. The number of carbonyl (C=O) groups excluding carboxylic acids is 1. The summed E-state index contributed by atoms with van der Waals surface area (Å²) in [6.07, 6.45) is 0. The highest BCUT2D eigenvalue weighted by Gasteiger charge is 2.21. The van der Waals surface area contributed by atoms with Gasteiger partial charge < -0.3 is 14.7 Å². The molecule has 1 rings (SSSR count). The van der Waals surface area contributed by atoms with Crippen LogP contribution in [0.1, 0.15) is 24.2 Å². The van der Waals surface area contributed by atoms with E-state index in [1.54, 1.807) is 24.1 Å². The molecule has 4 nitrogen and oxygen atoms in total. The molecule has 0 fully saturated rings. The zero-order valence-electron chi connectivity index (χ0n) is 10.8. The fourth-order valence-electron chi connectivity index (χ4n) is 1.62. The molecule has 0 saturated carbocycles. The third kappa shape index (κ3) is 3.71. The molecule has 0 saturated heterocycles. The lowest BCUT2D eigenvalue weighted by Crippen LogP contribution is -2.39. The molecule has 0 heterocycles. The zero-order chi connectivity index (χ0) is 13.7. The van der Waals surface area contributed by atoms with E-state index >= 15 is 0 Å². The molecule has 1 aromatic rings. The Hall–Kier alpha value is -1.07. The van der Waals surface area contributed by atoms with Crippen LogP contribution in [0.15, 0.2) is 22.7 Å². The Kier molecular flexibility index (Phi) is 5.62. The number of phenolic OH excluding ortho intramolecular Hbond substituents is 1. The second-order valence-electron chi connectivity index (χ2n) is 4.25. The first-order chi connectivity index (χ1) is 8.47. The van der Waals surface area contributed by atoms with Gasteiger partial charge >= 0.3 is 0 Å². The number of aromatic hydroxyl groups is 1. The van der Waals surface area contributed by atoms with Crippen LogP contribution < -0.4 is 0 Å². The molecule has 1 N–H and O–H groups in total. The predicted molar refractivity (Wildman–Crippen MR) is 73.9 cm³/mol. The number of phenols is 1. The van der Waals surface area contributed by atoms with Crippen molar-refractivity contribution in [3.63, 3.8) is 0 Å². The molecule has 0 unspecified atom stereocenters. The fourth-order valence-corrected chi connectivity index (χ4v) is 1.98. The van der Waals surface area contributed by atoms with Gasteiger partial charge in [-0.3, -0.25) is 4.79 Å². The number of amides is 1. The highest BCUT2D eigenvalue weighted by atomic mass is 79.9. The number of ether oxygens (including phenoxy) is 1. The second kappa shape index (κ2) is 6.75. The van der Waals surface area contributed by atoms with Crippen molar-refractivity contribution in [1.29, 1.82) is 0 Å². The van der Waals surface area contributed by atoms with Gasteiger partial charge in [-0.2, -0.15) is 0 Å². The van der Waals surface area contributed by atoms with Crippen LogP contribution in [0, 0.1) is 0 Å². The molecule has 0 aromatic heterocycles. The Morgan fingerprint density at radius 2 is 2.17 bits per heavy atom. The van der Waals surface area contributed by atoms with Crippen molar-refractivity contribution in [3.05, 3.63) is 28.2 Å². The van der Waals surface area contributed by atoms with Crippen LogP contribution in [-0.2, 0) is 4.74 Å². The average molecular weight is 316 g/mol. The summed E-state index contributed by atoms with van der Waals surface area (Å²) in [6, 6.07) is 4.87. The quantitative estimate of drug-likeness (QED) is 0.908. The van der Waals surface area contributed by atoms with Gasteiger partial charge in [-0.05, 0) is 32.0 Å². The van der Waals surface area contributed by atoms with Crippen LogP contribution in [0.5, 0.6) is 5.75 Å². The van der Waals surface area contributed by atoms with E-state index in [-0.39, 0.29) is 17.7 Å². The van der Waals surface area contributed by atoms with E-state index in [1.807, 2.05) is 13.8 Å². The van der Waals surface area contributed by atoms with Gasteiger partial charge in [0.15, 0.2) is 0 Å². The summed E-state index contributed by atoms with van der Waals surface area (Å²) in [5.74, 6) is -0.202. The van der Waals surface area contributed by atoms with Gasteiger partial charge in [0.1, 0.15) is 5.75 Å². The maximum absolute atomic E-state index is 12.4. The van der Waals surface area contributed by atoms with Crippen molar-refractivity contribution < 1.29 is 14.6 Å². The van der Waals surface area contributed by atoms with Gasteiger partial charge in [0, 0.05) is 24.2 Å². The van der Waals surface area contributed by atoms with E-state index in [4.69, 9.17) is 4.74 Å². The van der Waals surface area contributed by atoms with Gasteiger partial charge in [-0.25, -0.2) is 0 Å². The van der Waals surface area contributed by atoms with Crippen LogP contribution in [0.3, 0.4) is 0 Å². The van der Waals surface area contributed by atoms with Crippen LogP contribution in [0.4, 0.5) is 0 Å². The minimum atomic E-state index is -0.194. The summed E-state index contributed by atoms with van der Waals surface area (Å²) in [6.45, 7) is 4.84. The number of rotatable bonds is 5. The fraction of sp³-hybridized carbons (Fsp3) is 0.462. The average Bonchev–Trinajstić information content (AvgIpc) is 2.32. The molecule has 0 aliphatic rings. The Bertz CT molecular complexity index is 421. The predicted octanol–water partition coefficient (Wildman–Crippen LogP) is 2.65. The van der Waals surface area contributed by atoms with Crippen molar-refractivity contribution in [2.45, 2.75) is 19.9 Å². The highest BCUT2D eigenvalue weighted by Crippen LogP contribution is 2.23. The molecular weight excluding hydrogens is 298 g/mol. The molecule has 1 amide bonds. The molecule has 0 radical (unpaired) electrons. The molecule has 0 aliphatic heterocycles. The number of hydrogen-bond donors (Lipinski definition) is 1. The maximum Gasteiger partial charge on any atom is 0.257 e. The number of benzene rings is 1. The van der Waals surface area contributed by atoms with Crippen LogP contribution in [-0.4, -0.2) is 42.2 Å². The Morgan fingerprint density at radius 3 is 2.72 bits per heavy atom. The molecule has 0 bridgehead atoms. The normalized spacial score (nSPS) is 10.7. The van der Waals surface area contributed by atoms with Gasteiger partial charge in [0.25, 0.3) is 5.91 Å². The first-order valence-electron chi connectivity index (χ1n) is 5.75. The first-order valence-corrected chi connectivity index (χ1v) is 6.55. The van der Waals surface area contributed by atoms with Crippen molar-refractivity contribution >= 4 is 21.8 Å². The van der Waals surface area contributed by atoms with E-state index < -0.39 is 0 Å². The molecule has 18 heavy (non-hydrogen) atoms. The minimum Gasteiger partial charge on any atom is -0.507 e. The van der Waals surface area contributed by atoms with E-state index in [1.165, 1.54) is 6.07 Å². The molecule has 1 aromatic carbocycles. The largest absolute Gasteiger partial charge is 0.507 e. The molecule has 100 valence electrons. The monoisotopic (exact) mass is 315 g/mol. The third-order valence-electron chi connectivity index (χ3n) is 2.61. The maximum atomic E-state index is 12.4. The van der Waals surface area contributed by atoms with E-state index in [0.717, 1.165) is 4.47 Å². The minimum absolute atomic E-state index is 0.00809. The summed E-state index contributed by atoms with van der Waals surface area (Å²) >= 11 is 3.30. The van der Waals surface area contributed by atoms with Gasteiger partial charge in [0.2, 0.25) is 0 Å². The number of halogens is 1. The van der Waals surface area contributed by atoms with Crippen LogP contribution in [0.2, 0.25) is 0 Å². The van der Waals surface area contributed by atoms with E-state index in [0.29, 0.717) is 18.7 Å². The summed E-state index contributed by atoms with van der Waals surface area (Å²) in [7, 11) is 1.60. The number of carbonyl (C=O) groups is 1. The Balaban J connectivity index is 2.98. The molecule has 0 atom stereocenters. The van der Waals surface area contributed by atoms with Crippen molar-refractivity contribution in [2.24, 2.45) is 0 Å². The highest BCUT2D eigenvalue weighted by molar-refractivity contribution is 9.10. The summed E-state index contributed by atoms with van der Waals surface area (Å²) in [5.41, 5.74) is 0.300. The SMILES string of the molecule is COCCN(C(=O)c1cc(Br)ccc1O)C(C)C. The standard InChI is InChI=1S/C13H18BrNO3/c1-9(2)15(6-7-18-3)13(17)11-8-10(14)4-5-12(11)16/h4-5,8-9,16H,6-7H2,1-3H3. The van der Waals surface area contributed by atoms with Gasteiger partial charge in [0.05, 0.1) is 12.2 Å². The topological polar surface area (TPSA) is 49.8 Å². The van der Waals surface area contributed by atoms with Crippen LogP contribution >= 0.6 is 15.9 Å². The Labute approximate surface area is 116 Å². The lowest BCUT2D eigenvalue weighted by molar-refractivity contribution is 0.0632. The zero-order valence-corrected chi connectivity index (χ0v) is 12.4. The van der Waals surface area contributed by atoms with Gasteiger partial charge in [-0.15, -0.1) is 0 Å². The van der Waals surface area contributed by atoms with Crippen molar-refractivity contribution in [3.8, 4) is 5.75 Å². The third-order valence-corrected chi connectivity index (χ3v) is 3.10.